The van der Waals surface area contributed by atoms with Crippen molar-refractivity contribution in [2.45, 2.75) is 13.8 Å². The van der Waals surface area contributed by atoms with E-state index in [1.54, 1.807) is 0 Å². The highest BCUT2D eigenvalue weighted by Gasteiger charge is 2.16. The number of benzene rings is 8. The van der Waals surface area contributed by atoms with E-state index in [0.717, 1.165) is 0 Å². The Bertz CT molecular complexity index is 2360. The summed E-state index contributed by atoms with van der Waals surface area (Å²) < 4.78 is 0. The van der Waals surface area contributed by atoms with Crippen LogP contribution in [-0.4, -0.2) is 0 Å². The van der Waals surface area contributed by atoms with Crippen LogP contribution in [0, 0.1) is 13.8 Å². The van der Waals surface area contributed by atoms with Crippen molar-refractivity contribution in [1.29, 1.82) is 0 Å². The Hall–Kier alpha value is -5.72. The van der Waals surface area contributed by atoms with Gasteiger partial charge in [0.05, 0.1) is 0 Å². The van der Waals surface area contributed by atoms with Crippen molar-refractivity contribution in [2.24, 2.45) is 0 Å². The lowest BCUT2D eigenvalue weighted by molar-refractivity contribution is 1.47. The Labute approximate surface area is 271 Å². The first-order chi connectivity index (χ1) is 22.6. The first-order valence-corrected chi connectivity index (χ1v) is 16.0. The molecule has 8 aromatic rings. The lowest BCUT2D eigenvalue weighted by Crippen LogP contribution is -1.91. The van der Waals surface area contributed by atoms with Crippen LogP contribution in [-0.2, 0) is 0 Å². The molecule has 0 atom stereocenters. The molecule has 0 aromatic heterocycles. The first-order valence-electron chi connectivity index (χ1n) is 16.0. The zero-order valence-electron chi connectivity index (χ0n) is 26.2. The monoisotopic (exact) mass is 586 g/mol. The Morgan fingerprint density at radius 3 is 1.13 bits per heavy atom. The average molecular weight is 587 g/mol. The standard InChI is InChI=1S/C46H34/c1-31-13-9-19-35(25-31)40-22-12-23-41-43(34-17-7-4-8-18-34)27-37(30-46(40)41)38-28-44(36-20-10-14-32(2)26-36)42-24-11-21-39(45(42)29-38)33-15-5-3-6-16-33/h3-30H,1-2H3. The molecule has 0 N–H and O–H groups in total. The first kappa shape index (κ1) is 27.8. The van der Waals surface area contributed by atoms with E-state index < -0.39 is 0 Å². The Kier molecular flexibility index (Phi) is 7.04. The summed E-state index contributed by atoms with van der Waals surface area (Å²) in [5.41, 5.74) is 14.9. The molecular formula is C46H34. The highest BCUT2D eigenvalue weighted by atomic mass is 14.2. The molecule has 0 amide bonds. The molecule has 0 heterocycles. The summed E-state index contributed by atoms with van der Waals surface area (Å²) in [6, 6.07) is 62.4. The molecule has 8 aromatic carbocycles. The van der Waals surface area contributed by atoms with Gasteiger partial charge in [0.25, 0.3) is 0 Å². The van der Waals surface area contributed by atoms with Crippen LogP contribution in [0.5, 0.6) is 0 Å². The Balaban J connectivity index is 1.47. The van der Waals surface area contributed by atoms with E-state index in [2.05, 4.69) is 184 Å². The van der Waals surface area contributed by atoms with E-state index in [0.29, 0.717) is 0 Å². The molecule has 0 saturated heterocycles. The number of hydrogen-bond acceptors (Lipinski definition) is 0. The van der Waals surface area contributed by atoms with Gasteiger partial charge in [-0.05, 0) is 115 Å². The summed E-state index contributed by atoms with van der Waals surface area (Å²) in [6.07, 6.45) is 0. The van der Waals surface area contributed by atoms with E-state index in [9.17, 15) is 0 Å². The van der Waals surface area contributed by atoms with Crippen molar-refractivity contribution in [2.75, 3.05) is 0 Å². The van der Waals surface area contributed by atoms with Crippen molar-refractivity contribution in [3.8, 4) is 55.6 Å². The molecule has 46 heavy (non-hydrogen) atoms. The lowest BCUT2D eigenvalue weighted by atomic mass is 9.86. The van der Waals surface area contributed by atoms with Gasteiger partial charge in [-0.25, -0.2) is 0 Å². The van der Waals surface area contributed by atoms with Crippen molar-refractivity contribution in [3.63, 3.8) is 0 Å². The van der Waals surface area contributed by atoms with Crippen molar-refractivity contribution >= 4 is 21.5 Å². The smallest absolute Gasteiger partial charge is 0.00930 e. The molecule has 0 aliphatic heterocycles. The van der Waals surface area contributed by atoms with Crippen LogP contribution in [0.2, 0.25) is 0 Å². The maximum absolute atomic E-state index is 2.41. The second-order valence-electron chi connectivity index (χ2n) is 12.3. The molecule has 8 rings (SSSR count). The summed E-state index contributed by atoms with van der Waals surface area (Å²) in [5, 5.41) is 5.05. The number of fused-ring (bicyclic) bond motifs is 2. The van der Waals surface area contributed by atoms with Crippen LogP contribution in [0.3, 0.4) is 0 Å². The van der Waals surface area contributed by atoms with Gasteiger partial charge in [-0.3, -0.25) is 0 Å². The number of rotatable bonds is 5. The quantitative estimate of drug-likeness (QED) is 0.188. The molecule has 0 aliphatic rings. The Morgan fingerprint density at radius 1 is 0.239 bits per heavy atom. The lowest BCUT2D eigenvalue weighted by Gasteiger charge is -2.18. The highest BCUT2D eigenvalue weighted by molar-refractivity contribution is 6.10. The summed E-state index contributed by atoms with van der Waals surface area (Å²) in [7, 11) is 0. The summed E-state index contributed by atoms with van der Waals surface area (Å²) in [4.78, 5) is 0. The van der Waals surface area contributed by atoms with Crippen LogP contribution in [0.4, 0.5) is 0 Å². The van der Waals surface area contributed by atoms with Gasteiger partial charge in [0.2, 0.25) is 0 Å². The fraction of sp³-hybridized carbons (Fsp3) is 0.0435. The van der Waals surface area contributed by atoms with Gasteiger partial charge in [-0.1, -0.05) is 157 Å². The third-order valence-corrected chi connectivity index (χ3v) is 9.15. The summed E-state index contributed by atoms with van der Waals surface area (Å²) in [6.45, 7) is 4.34. The predicted octanol–water partition coefficient (Wildman–Crippen LogP) is 12.9. The van der Waals surface area contributed by atoms with Gasteiger partial charge >= 0.3 is 0 Å². The molecule has 0 fully saturated rings. The van der Waals surface area contributed by atoms with Crippen LogP contribution in [0.15, 0.2) is 170 Å². The van der Waals surface area contributed by atoms with Gasteiger partial charge < -0.3 is 0 Å². The van der Waals surface area contributed by atoms with Gasteiger partial charge in [-0.2, -0.15) is 0 Å². The van der Waals surface area contributed by atoms with Crippen LogP contribution in [0.25, 0.3) is 77.2 Å². The largest absolute Gasteiger partial charge is 0.0622 e. The van der Waals surface area contributed by atoms with E-state index >= 15 is 0 Å². The number of hydrogen-bond donors (Lipinski definition) is 0. The molecule has 0 spiro atoms. The third-order valence-electron chi connectivity index (χ3n) is 9.15. The fourth-order valence-corrected chi connectivity index (χ4v) is 6.95. The zero-order valence-corrected chi connectivity index (χ0v) is 26.2. The zero-order chi connectivity index (χ0) is 31.0. The minimum atomic E-state index is 1.21. The van der Waals surface area contributed by atoms with Crippen molar-refractivity contribution < 1.29 is 0 Å². The summed E-state index contributed by atoms with van der Waals surface area (Å²) >= 11 is 0. The maximum Gasteiger partial charge on any atom is -0.00930 e. The van der Waals surface area contributed by atoms with Gasteiger partial charge in [0.15, 0.2) is 0 Å². The van der Waals surface area contributed by atoms with Gasteiger partial charge in [0, 0.05) is 0 Å². The van der Waals surface area contributed by atoms with Crippen LogP contribution in [0.1, 0.15) is 11.1 Å². The second kappa shape index (κ2) is 11.7. The highest BCUT2D eigenvalue weighted by Crippen LogP contribution is 2.43. The minimum absolute atomic E-state index is 1.21. The molecule has 0 radical (unpaired) electrons. The van der Waals surface area contributed by atoms with Crippen molar-refractivity contribution in [1.82, 2.24) is 0 Å². The summed E-state index contributed by atoms with van der Waals surface area (Å²) in [5.74, 6) is 0. The molecule has 0 nitrogen and oxygen atoms in total. The molecule has 218 valence electrons. The second-order valence-corrected chi connectivity index (χ2v) is 12.3. The third kappa shape index (κ3) is 5.09. The number of aryl methyl sites for hydroxylation is 2. The Morgan fingerprint density at radius 2 is 0.630 bits per heavy atom. The van der Waals surface area contributed by atoms with Crippen LogP contribution < -0.4 is 0 Å². The van der Waals surface area contributed by atoms with E-state index in [-0.39, 0.29) is 0 Å². The minimum Gasteiger partial charge on any atom is -0.0622 e. The average Bonchev–Trinajstić information content (AvgIpc) is 3.11. The molecule has 0 unspecified atom stereocenters. The van der Waals surface area contributed by atoms with Crippen LogP contribution >= 0.6 is 0 Å². The molecule has 0 heteroatoms. The van der Waals surface area contributed by atoms with E-state index in [4.69, 9.17) is 0 Å². The molecule has 0 saturated carbocycles. The normalized spacial score (nSPS) is 11.3. The predicted molar refractivity (Wildman–Crippen MR) is 198 cm³/mol. The topological polar surface area (TPSA) is 0 Å². The molecule has 0 aliphatic carbocycles. The fourth-order valence-electron chi connectivity index (χ4n) is 6.95. The van der Waals surface area contributed by atoms with Gasteiger partial charge in [0.1, 0.15) is 0 Å². The SMILES string of the molecule is Cc1cccc(-c2cc(-c3cc(-c4ccccc4)c4cccc(-c5cccc(C)c5)c4c3)cc3c(-c4ccccc4)cccc23)c1. The van der Waals surface area contributed by atoms with Crippen molar-refractivity contribution in [3.05, 3.63) is 181 Å². The maximum atomic E-state index is 2.41. The molecular weight excluding hydrogens is 553 g/mol. The van der Waals surface area contributed by atoms with E-state index in [1.165, 1.54) is 88.3 Å². The van der Waals surface area contributed by atoms with E-state index in [1.807, 2.05) is 0 Å². The van der Waals surface area contributed by atoms with Gasteiger partial charge in [-0.15, -0.1) is 0 Å². The molecule has 0 bridgehead atoms.